The van der Waals surface area contributed by atoms with Crippen LogP contribution in [0.15, 0.2) is 23.8 Å². The predicted octanol–water partition coefficient (Wildman–Crippen LogP) is 2.15. The van der Waals surface area contributed by atoms with E-state index in [0.29, 0.717) is 0 Å². The highest BCUT2D eigenvalue weighted by molar-refractivity contribution is 6.24. The number of hydrogen-bond acceptors (Lipinski definition) is 4. The van der Waals surface area contributed by atoms with Crippen molar-refractivity contribution >= 4 is 11.6 Å². The van der Waals surface area contributed by atoms with E-state index in [1.807, 2.05) is 20.8 Å². The summed E-state index contributed by atoms with van der Waals surface area (Å²) in [4.78, 5) is 33.2. The fourth-order valence-electron chi connectivity index (χ4n) is 1.28. The van der Waals surface area contributed by atoms with E-state index in [1.165, 1.54) is 19.1 Å². The van der Waals surface area contributed by atoms with Gasteiger partial charge in [0.15, 0.2) is 11.6 Å². The number of carbonyl (C=O) groups is 2. The lowest BCUT2D eigenvalue weighted by molar-refractivity contribution is -0.380. The summed E-state index contributed by atoms with van der Waals surface area (Å²) in [6, 6.07) is 0. The third-order valence-corrected chi connectivity index (χ3v) is 2.11. The molecular weight excluding hydrogens is 220 g/mol. The van der Waals surface area contributed by atoms with Crippen LogP contribution in [-0.2, 0) is 19.4 Å². The van der Waals surface area contributed by atoms with Gasteiger partial charge in [-0.05, 0) is 52.8 Å². The Bertz CT molecular complexity index is 398. The summed E-state index contributed by atoms with van der Waals surface area (Å²) < 4.78 is 0. The molecular formula is C13H18O4. The molecule has 1 atom stereocenters. The average Bonchev–Trinajstić information content (AvgIpc) is 2.18. The van der Waals surface area contributed by atoms with E-state index in [2.05, 4.69) is 0 Å². The molecule has 0 N–H and O–H groups in total. The van der Waals surface area contributed by atoms with Crippen LogP contribution in [0.25, 0.3) is 0 Å². The molecule has 0 radical (unpaired) electrons. The molecule has 1 aliphatic carbocycles. The standard InChI is InChI=1S/C13H18O4/c1-9(14)10-8-13(5,7-6-11(10)15)17-16-12(2,3)4/h6-8H,1-5H3. The molecule has 94 valence electrons. The minimum Gasteiger partial charge on any atom is -0.294 e. The highest BCUT2D eigenvalue weighted by atomic mass is 17.2. The summed E-state index contributed by atoms with van der Waals surface area (Å²) in [6.07, 6.45) is 4.40. The first kappa shape index (κ1) is 13.8. The molecule has 4 heteroatoms. The molecule has 0 fully saturated rings. The van der Waals surface area contributed by atoms with Crippen molar-refractivity contribution in [3.05, 3.63) is 23.8 Å². The Kier molecular flexibility index (Phi) is 3.69. The molecule has 4 nitrogen and oxygen atoms in total. The van der Waals surface area contributed by atoms with Crippen molar-refractivity contribution in [1.29, 1.82) is 0 Å². The van der Waals surface area contributed by atoms with Crippen molar-refractivity contribution in [3.63, 3.8) is 0 Å². The SMILES string of the molecule is CC(=O)C1=CC(C)(OOC(C)(C)C)C=CC1=O. The molecule has 0 saturated heterocycles. The molecule has 0 aromatic carbocycles. The van der Waals surface area contributed by atoms with Gasteiger partial charge in [-0.2, -0.15) is 0 Å². The first-order valence-electron chi connectivity index (χ1n) is 5.47. The van der Waals surface area contributed by atoms with E-state index >= 15 is 0 Å². The lowest BCUT2D eigenvalue weighted by atomic mass is 9.92. The minimum atomic E-state index is -0.887. The summed E-state index contributed by atoms with van der Waals surface area (Å²) in [5.41, 5.74) is -1.21. The Hall–Kier alpha value is -1.26. The third kappa shape index (κ3) is 3.91. The Balaban J connectivity index is 2.87. The summed E-state index contributed by atoms with van der Waals surface area (Å²) in [6.45, 7) is 8.63. The van der Waals surface area contributed by atoms with Gasteiger partial charge >= 0.3 is 0 Å². The Morgan fingerprint density at radius 1 is 1.35 bits per heavy atom. The van der Waals surface area contributed by atoms with Gasteiger partial charge in [0, 0.05) is 0 Å². The van der Waals surface area contributed by atoms with Crippen LogP contribution >= 0.6 is 0 Å². The monoisotopic (exact) mass is 238 g/mol. The van der Waals surface area contributed by atoms with Crippen LogP contribution in [0.5, 0.6) is 0 Å². The molecule has 0 aromatic heterocycles. The zero-order chi connectivity index (χ0) is 13.3. The fraction of sp³-hybridized carbons (Fsp3) is 0.538. The molecule has 0 spiro atoms. The second-order valence-electron chi connectivity index (χ2n) is 5.27. The Morgan fingerprint density at radius 2 is 1.94 bits per heavy atom. The van der Waals surface area contributed by atoms with Gasteiger partial charge in [0.05, 0.1) is 11.2 Å². The van der Waals surface area contributed by atoms with Crippen LogP contribution in [0.3, 0.4) is 0 Å². The molecule has 0 amide bonds. The minimum absolute atomic E-state index is 0.132. The molecule has 0 aliphatic heterocycles. The number of Topliss-reactive ketones (excluding diaryl/α,β-unsaturated/α-hetero) is 1. The van der Waals surface area contributed by atoms with E-state index in [0.717, 1.165) is 0 Å². The van der Waals surface area contributed by atoms with E-state index in [1.54, 1.807) is 13.0 Å². The highest BCUT2D eigenvalue weighted by Gasteiger charge is 2.30. The molecule has 1 rings (SSSR count). The quantitative estimate of drug-likeness (QED) is 0.429. The number of hydrogen-bond donors (Lipinski definition) is 0. The van der Waals surface area contributed by atoms with Crippen molar-refractivity contribution in [3.8, 4) is 0 Å². The summed E-state index contributed by atoms with van der Waals surface area (Å²) in [5.74, 6) is -0.570. The van der Waals surface area contributed by atoms with Gasteiger partial charge < -0.3 is 0 Å². The van der Waals surface area contributed by atoms with Crippen LogP contribution in [0, 0.1) is 0 Å². The molecule has 0 saturated carbocycles. The van der Waals surface area contributed by atoms with Gasteiger partial charge in [0.1, 0.15) is 5.60 Å². The molecule has 17 heavy (non-hydrogen) atoms. The number of carbonyl (C=O) groups excluding carboxylic acids is 2. The Morgan fingerprint density at radius 3 is 2.41 bits per heavy atom. The largest absolute Gasteiger partial charge is 0.294 e. The van der Waals surface area contributed by atoms with Crippen molar-refractivity contribution < 1.29 is 19.4 Å². The van der Waals surface area contributed by atoms with Gasteiger partial charge in [-0.15, -0.1) is 0 Å². The molecule has 1 unspecified atom stereocenters. The van der Waals surface area contributed by atoms with Gasteiger partial charge in [-0.3, -0.25) is 9.59 Å². The van der Waals surface area contributed by atoms with E-state index in [-0.39, 0.29) is 17.1 Å². The lowest BCUT2D eigenvalue weighted by Crippen LogP contribution is -2.33. The summed E-state index contributed by atoms with van der Waals surface area (Å²) >= 11 is 0. The highest BCUT2D eigenvalue weighted by Crippen LogP contribution is 2.25. The Labute approximate surface area is 101 Å². The van der Waals surface area contributed by atoms with Gasteiger partial charge in [0.25, 0.3) is 0 Å². The summed E-state index contributed by atoms with van der Waals surface area (Å²) in [7, 11) is 0. The second kappa shape index (κ2) is 4.55. The van der Waals surface area contributed by atoms with Crippen molar-refractivity contribution in [1.82, 2.24) is 0 Å². The zero-order valence-corrected chi connectivity index (χ0v) is 10.9. The molecule has 0 bridgehead atoms. The van der Waals surface area contributed by atoms with Gasteiger partial charge in [-0.1, -0.05) is 0 Å². The van der Waals surface area contributed by atoms with Gasteiger partial charge in [-0.25, -0.2) is 9.78 Å². The topological polar surface area (TPSA) is 52.6 Å². The van der Waals surface area contributed by atoms with E-state index in [4.69, 9.17) is 9.78 Å². The molecule has 1 aliphatic rings. The van der Waals surface area contributed by atoms with Crippen molar-refractivity contribution in [2.24, 2.45) is 0 Å². The third-order valence-electron chi connectivity index (χ3n) is 2.11. The van der Waals surface area contributed by atoms with Gasteiger partial charge in [0.2, 0.25) is 0 Å². The van der Waals surface area contributed by atoms with Crippen LogP contribution in [0.1, 0.15) is 34.6 Å². The predicted molar refractivity (Wildman–Crippen MR) is 63.2 cm³/mol. The number of rotatable bonds is 3. The second-order valence-corrected chi connectivity index (χ2v) is 5.27. The number of allylic oxidation sites excluding steroid dienone is 2. The van der Waals surface area contributed by atoms with Crippen LogP contribution in [0.4, 0.5) is 0 Å². The maximum atomic E-state index is 11.5. The maximum Gasteiger partial charge on any atom is 0.188 e. The van der Waals surface area contributed by atoms with E-state index in [9.17, 15) is 9.59 Å². The fourth-order valence-corrected chi connectivity index (χ4v) is 1.28. The average molecular weight is 238 g/mol. The molecule has 0 heterocycles. The summed E-state index contributed by atoms with van der Waals surface area (Å²) in [5, 5.41) is 0. The molecule has 0 aromatic rings. The van der Waals surface area contributed by atoms with Crippen LogP contribution in [-0.4, -0.2) is 22.8 Å². The first-order chi connectivity index (χ1) is 7.63. The van der Waals surface area contributed by atoms with E-state index < -0.39 is 11.2 Å². The first-order valence-corrected chi connectivity index (χ1v) is 5.47. The number of ketones is 2. The zero-order valence-electron chi connectivity index (χ0n) is 10.9. The van der Waals surface area contributed by atoms with Crippen LogP contribution < -0.4 is 0 Å². The normalized spacial score (nSPS) is 24.8. The van der Waals surface area contributed by atoms with Crippen molar-refractivity contribution in [2.75, 3.05) is 0 Å². The van der Waals surface area contributed by atoms with Crippen LogP contribution in [0.2, 0.25) is 0 Å². The lowest BCUT2D eigenvalue weighted by Gasteiger charge is -2.28. The van der Waals surface area contributed by atoms with Crippen molar-refractivity contribution in [2.45, 2.75) is 45.8 Å². The maximum absolute atomic E-state index is 11.5. The smallest absolute Gasteiger partial charge is 0.188 e.